The van der Waals surface area contributed by atoms with Crippen LogP contribution in [0.15, 0.2) is 30.3 Å². The summed E-state index contributed by atoms with van der Waals surface area (Å²) in [7, 11) is 0. The molecule has 2 rings (SSSR count). The fourth-order valence-electron chi connectivity index (χ4n) is 2.14. The van der Waals surface area contributed by atoms with Crippen LogP contribution in [0.3, 0.4) is 0 Å². The number of hydroxylamine groups is 2. The summed E-state index contributed by atoms with van der Waals surface area (Å²) in [5.74, 6) is -0.425. The molecule has 1 aliphatic heterocycles. The zero-order chi connectivity index (χ0) is 12.7. The Morgan fingerprint density at radius 1 is 1.24 bits per heavy atom. The van der Waals surface area contributed by atoms with Gasteiger partial charge in [0.15, 0.2) is 5.54 Å². The molecule has 0 aliphatic carbocycles. The molecular weight excluding hydrogens is 218 g/mol. The topological polar surface area (TPSA) is 49.8 Å². The maximum absolute atomic E-state index is 12.0. The highest BCUT2D eigenvalue weighted by atomic mass is 16.6. The van der Waals surface area contributed by atoms with E-state index in [1.165, 1.54) is 0 Å². The summed E-state index contributed by atoms with van der Waals surface area (Å²) in [6, 6.07) is 9.16. The standard InChI is InChI=1S/C13H17NO3/c1-12(2)9-17-11(15)13(3,14(12)16)10-7-5-4-6-8-10/h4-8,16H,9H2,1-3H3. The minimum absolute atomic E-state index is 0.185. The largest absolute Gasteiger partial charge is 0.462 e. The molecule has 1 atom stereocenters. The Morgan fingerprint density at radius 3 is 2.41 bits per heavy atom. The third-order valence-electron chi connectivity index (χ3n) is 3.29. The molecule has 1 N–H and O–H groups in total. The molecule has 1 aromatic carbocycles. The molecule has 1 unspecified atom stereocenters. The highest BCUT2D eigenvalue weighted by Crippen LogP contribution is 2.37. The zero-order valence-electron chi connectivity index (χ0n) is 10.3. The Bertz CT molecular complexity index is 430. The Kier molecular flexibility index (Phi) is 2.72. The third kappa shape index (κ3) is 1.73. The number of morpholine rings is 1. The van der Waals surface area contributed by atoms with Crippen molar-refractivity contribution in [3.8, 4) is 0 Å². The van der Waals surface area contributed by atoms with E-state index in [2.05, 4.69) is 0 Å². The van der Waals surface area contributed by atoms with Gasteiger partial charge in [0.2, 0.25) is 0 Å². The third-order valence-corrected chi connectivity index (χ3v) is 3.29. The first-order valence-electron chi connectivity index (χ1n) is 5.61. The molecule has 0 amide bonds. The van der Waals surface area contributed by atoms with E-state index in [1.54, 1.807) is 6.92 Å². The molecule has 0 radical (unpaired) electrons. The number of rotatable bonds is 1. The lowest BCUT2D eigenvalue weighted by Crippen LogP contribution is -2.63. The number of ether oxygens (including phenoxy) is 1. The monoisotopic (exact) mass is 235 g/mol. The van der Waals surface area contributed by atoms with Crippen LogP contribution < -0.4 is 0 Å². The Labute approximate surface area is 101 Å². The summed E-state index contributed by atoms with van der Waals surface area (Å²) >= 11 is 0. The molecule has 1 aromatic rings. The van der Waals surface area contributed by atoms with Crippen LogP contribution in [0.5, 0.6) is 0 Å². The summed E-state index contributed by atoms with van der Waals surface area (Å²) in [5.41, 5.74) is -1.03. The van der Waals surface area contributed by atoms with Crippen molar-refractivity contribution < 1.29 is 14.7 Å². The lowest BCUT2D eigenvalue weighted by Gasteiger charge is -2.48. The summed E-state index contributed by atoms with van der Waals surface area (Å²) in [5, 5.41) is 11.4. The van der Waals surface area contributed by atoms with Gasteiger partial charge in [0.05, 0.1) is 5.54 Å². The van der Waals surface area contributed by atoms with Gasteiger partial charge < -0.3 is 9.94 Å². The number of carbonyl (C=O) groups is 1. The van der Waals surface area contributed by atoms with E-state index in [9.17, 15) is 10.0 Å². The first-order valence-corrected chi connectivity index (χ1v) is 5.61. The second kappa shape index (κ2) is 3.82. The van der Waals surface area contributed by atoms with E-state index in [4.69, 9.17) is 4.74 Å². The molecule has 92 valence electrons. The van der Waals surface area contributed by atoms with Crippen LogP contribution in [0.4, 0.5) is 0 Å². The first-order chi connectivity index (χ1) is 7.89. The van der Waals surface area contributed by atoms with E-state index in [-0.39, 0.29) is 6.61 Å². The van der Waals surface area contributed by atoms with E-state index in [1.807, 2.05) is 44.2 Å². The fraction of sp³-hybridized carbons (Fsp3) is 0.462. The number of carbonyl (C=O) groups excluding carboxylic acids is 1. The van der Waals surface area contributed by atoms with Crippen molar-refractivity contribution in [1.82, 2.24) is 5.06 Å². The second-order valence-electron chi connectivity index (χ2n) is 5.14. The summed E-state index contributed by atoms with van der Waals surface area (Å²) in [6.07, 6.45) is 0. The van der Waals surface area contributed by atoms with Crippen molar-refractivity contribution in [2.24, 2.45) is 0 Å². The number of hydrogen-bond acceptors (Lipinski definition) is 4. The first kappa shape index (κ1) is 12.1. The summed E-state index contributed by atoms with van der Waals surface area (Å²) in [6.45, 7) is 5.53. The van der Waals surface area contributed by atoms with Crippen molar-refractivity contribution >= 4 is 5.97 Å². The normalized spacial score (nSPS) is 28.8. The molecule has 1 fully saturated rings. The van der Waals surface area contributed by atoms with Gasteiger partial charge in [0.1, 0.15) is 6.61 Å². The van der Waals surface area contributed by atoms with Crippen molar-refractivity contribution in [3.05, 3.63) is 35.9 Å². The zero-order valence-corrected chi connectivity index (χ0v) is 10.3. The van der Waals surface area contributed by atoms with Crippen LogP contribution in [0.1, 0.15) is 26.3 Å². The average molecular weight is 235 g/mol. The minimum Gasteiger partial charge on any atom is -0.462 e. The van der Waals surface area contributed by atoms with Crippen LogP contribution in [0, 0.1) is 0 Å². The predicted octanol–water partition coefficient (Wildman–Crippen LogP) is 1.93. The van der Waals surface area contributed by atoms with Gasteiger partial charge in [-0.1, -0.05) is 30.3 Å². The Balaban J connectivity index is 2.50. The van der Waals surface area contributed by atoms with Crippen molar-refractivity contribution in [2.45, 2.75) is 31.8 Å². The van der Waals surface area contributed by atoms with Gasteiger partial charge in [0, 0.05) is 0 Å². The van der Waals surface area contributed by atoms with Gasteiger partial charge >= 0.3 is 5.97 Å². The predicted molar refractivity (Wildman–Crippen MR) is 62.5 cm³/mol. The Hall–Kier alpha value is -1.39. The van der Waals surface area contributed by atoms with Crippen molar-refractivity contribution in [1.29, 1.82) is 0 Å². The van der Waals surface area contributed by atoms with E-state index in [0.717, 1.165) is 10.6 Å². The summed E-state index contributed by atoms with van der Waals surface area (Å²) in [4.78, 5) is 12.0. The van der Waals surface area contributed by atoms with Crippen LogP contribution in [0.2, 0.25) is 0 Å². The molecule has 1 saturated heterocycles. The number of cyclic esters (lactones) is 1. The van der Waals surface area contributed by atoms with Gasteiger partial charge in [-0.25, -0.2) is 4.79 Å². The molecular formula is C13H17NO3. The molecule has 0 bridgehead atoms. The van der Waals surface area contributed by atoms with E-state index >= 15 is 0 Å². The number of benzene rings is 1. The number of nitrogens with zero attached hydrogens (tertiary/aromatic N) is 1. The molecule has 1 heterocycles. The quantitative estimate of drug-likeness (QED) is 0.756. The Morgan fingerprint density at radius 2 is 1.82 bits per heavy atom. The molecule has 17 heavy (non-hydrogen) atoms. The molecule has 4 nitrogen and oxygen atoms in total. The highest BCUT2D eigenvalue weighted by Gasteiger charge is 2.52. The van der Waals surface area contributed by atoms with E-state index < -0.39 is 17.0 Å². The highest BCUT2D eigenvalue weighted by molar-refractivity contribution is 5.82. The van der Waals surface area contributed by atoms with Crippen molar-refractivity contribution in [3.63, 3.8) is 0 Å². The van der Waals surface area contributed by atoms with Gasteiger partial charge in [-0.2, -0.15) is 5.06 Å². The van der Waals surface area contributed by atoms with Gasteiger partial charge in [-0.3, -0.25) is 0 Å². The lowest BCUT2D eigenvalue weighted by atomic mass is 9.86. The van der Waals surface area contributed by atoms with Gasteiger partial charge in [0.25, 0.3) is 0 Å². The number of esters is 1. The maximum Gasteiger partial charge on any atom is 0.333 e. The van der Waals surface area contributed by atoms with Crippen molar-refractivity contribution in [2.75, 3.05) is 6.61 Å². The second-order valence-corrected chi connectivity index (χ2v) is 5.14. The molecule has 1 aliphatic rings. The maximum atomic E-state index is 12.0. The van der Waals surface area contributed by atoms with Gasteiger partial charge in [-0.15, -0.1) is 0 Å². The van der Waals surface area contributed by atoms with Crippen LogP contribution in [-0.4, -0.2) is 28.4 Å². The molecule has 0 saturated carbocycles. The molecule has 0 spiro atoms. The fourth-order valence-corrected chi connectivity index (χ4v) is 2.14. The van der Waals surface area contributed by atoms with Crippen LogP contribution in [-0.2, 0) is 15.1 Å². The lowest BCUT2D eigenvalue weighted by molar-refractivity contribution is -0.272. The average Bonchev–Trinajstić information content (AvgIpc) is 2.33. The van der Waals surface area contributed by atoms with Gasteiger partial charge in [-0.05, 0) is 26.3 Å². The molecule has 4 heteroatoms. The van der Waals surface area contributed by atoms with Crippen LogP contribution in [0.25, 0.3) is 0 Å². The van der Waals surface area contributed by atoms with E-state index in [0.29, 0.717) is 0 Å². The smallest absolute Gasteiger partial charge is 0.333 e. The SMILES string of the molecule is CC1(C)COC(=O)C(C)(c2ccccc2)N1O. The number of hydrogen-bond donors (Lipinski definition) is 1. The molecule has 0 aromatic heterocycles. The van der Waals surface area contributed by atoms with Crippen LogP contribution >= 0.6 is 0 Å². The summed E-state index contributed by atoms with van der Waals surface area (Å²) < 4.78 is 5.19. The minimum atomic E-state index is -1.15.